The van der Waals surface area contributed by atoms with Crippen molar-refractivity contribution in [2.24, 2.45) is 7.05 Å². The lowest BCUT2D eigenvalue weighted by Gasteiger charge is -2.26. The molecule has 1 saturated heterocycles. The third kappa shape index (κ3) is 3.82. The van der Waals surface area contributed by atoms with Gasteiger partial charge in [-0.1, -0.05) is 6.42 Å². The zero-order chi connectivity index (χ0) is 12.8. The molecule has 18 heavy (non-hydrogen) atoms. The van der Waals surface area contributed by atoms with Gasteiger partial charge in [-0.15, -0.1) is 0 Å². The van der Waals surface area contributed by atoms with Crippen LogP contribution in [-0.4, -0.2) is 40.9 Å². The van der Waals surface area contributed by atoms with Gasteiger partial charge in [-0.2, -0.15) is 5.10 Å². The summed E-state index contributed by atoms with van der Waals surface area (Å²) >= 11 is 0. The summed E-state index contributed by atoms with van der Waals surface area (Å²) in [6.45, 7) is 7.14. The quantitative estimate of drug-likeness (QED) is 0.783. The van der Waals surface area contributed by atoms with E-state index in [0.717, 1.165) is 6.54 Å². The first-order valence-corrected chi connectivity index (χ1v) is 7.21. The van der Waals surface area contributed by atoms with Gasteiger partial charge in [0.15, 0.2) is 0 Å². The molecule has 0 bridgehead atoms. The fourth-order valence-corrected chi connectivity index (χ4v) is 2.72. The first-order chi connectivity index (χ1) is 8.77. The lowest BCUT2D eigenvalue weighted by atomic mass is 10.1. The molecule has 0 aliphatic carbocycles. The highest BCUT2D eigenvalue weighted by atomic mass is 15.3. The summed E-state index contributed by atoms with van der Waals surface area (Å²) in [6.07, 6.45) is 7.30. The van der Waals surface area contributed by atoms with Crippen molar-refractivity contribution in [3.8, 4) is 0 Å². The lowest BCUT2D eigenvalue weighted by Crippen LogP contribution is -2.32. The van der Waals surface area contributed by atoms with Crippen molar-refractivity contribution in [2.75, 3.05) is 26.2 Å². The Balaban J connectivity index is 1.61. The van der Waals surface area contributed by atoms with E-state index in [9.17, 15) is 0 Å². The summed E-state index contributed by atoms with van der Waals surface area (Å²) in [5.74, 6) is 0. The molecule has 0 spiro atoms. The van der Waals surface area contributed by atoms with Crippen LogP contribution in [0.4, 0.5) is 0 Å². The largest absolute Gasteiger partial charge is 0.309 e. The van der Waals surface area contributed by atoms with Crippen molar-refractivity contribution >= 4 is 0 Å². The van der Waals surface area contributed by atoms with E-state index >= 15 is 0 Å². The van der Waals surface area contributed by atoms with E-state index in [-0.39, 0.29) is 0 Å². The second kappa shape index (κ2) is 6.90. The summed E-state index contributed by atoms with van der Waals surface area (Å²) in [5, 5.41) is 7.79. The summed E-state index contributed by atoms with van der Waals surface area (Å²) < 4.78 is 1.95. The third-order valence-electron chi connectivity index (χ3n) is 3.85. The maximum absolute atomic E-state index is 4.21. The Morgan fingerprint density at radius 2 is 2.11 bits per heavy atom. The standard InChI is InChI=1S/C14H26N4/c1-13(14-7-9-16-17(14)2)15-8-6-12-18-10-4-3-5-11-18/h7,9,13,15H,3-6,8,10-12H2,1-2H3. The predicted molar refractivity (Wildman–Crippen MR) is 74.5 cm³/mol. The number of hydrogen-bond acceptors (Lipinski definition) is 3. The fraction of sp³-hybridized carbons (Fsp3) is 0.786. The van der Waals surface area contributed by atoms with Gasteiger partial charge in [0, 0.05) is 19.3 Å². The number of hydrogen-bond donors (Lipinski definition) is 1. The Bertz CT molecular complexity index is 341. The Kier molecular flexibility index (Phi) is 5.20. The second-order valence-electron chi connectivity index (χ2n) is 5.31. The maximum atomic E-state index is 4.21. The molecule has 1 aromatic heterocycles. The molecular formula is C14H26N4. The van der Waals surface area contributed by atoms with E-state index in [2.05, 4.69) is 28.3 Å². The molecule has 0 radical (unpaired) electrons. The Morgan fingerprint density at radius 3 is 2.78 bits per heavy atom. The number of aryl methyl sites for hydroxylation is 1. The van der Waals surface area contributed by atoms with Crippen molar-refractivity contribution in [3.05, 3.63) is 18.0 Å². The highest BCUT2D eigenvalue weighted by Crippen LogP contribution is 2.11. The van der Waals surface area contributed by atoms with Crippen molar-refractivity contribution in [3.63, 3.8) is 0 Å². The van der Waals surface area contributed by atoms with Crippen LogP contribution in [0.15, 0.2) is 12.3 Å². The van der Waals surface area contributed by atoms with Crippen LogP contribution in [-0.2, 0) is 7.05 Å². The van der Waals surface area contributed by atoms with E-state index in [1.165, 1.54) is 51.0 Å². The Labute approximate surface area is 110 Å². The van der Waals surface area contributed by atoms with Crippen LogP contribution in [0.3, 0.4) is 0 Å². The van der Waals surface area contributed by atoms with Gasteiger partial charge < -0.3 is 10.2 Å². The topological polar surface area (TPSA) is 33.1 Å². The van der Waals surface area contributed by atoms with Crippen molar-refractivity contribution in [1.82, 2.24) is 20.0 Å². The molecule has 1 unspecified atom stereocenters. The van der Waals surface area contributed by atoms with Crippen molar-refractivity contribution < 1.29 is 0 Å². The van der Waals surface area contributed by atoms with Gasteiger partial charge >= 0.3 is 0 Å². The van der Waals surface area contributed by atoms with Crippen LogP contribution in [0.2, 0.25) is 0 Å². The van der Waals surface area contributed by atoms with Crippen LogP contribution in [0, 0.1) is 0 Å². The van der Waals surface area contributed by atoms with Gasteiger partial charge in [-0.05, 0) is 58.4 Å². The Morgan fingerprint density at radius 1 is 1.33 bits per heavy atom. The van der Waals surface area contributed by atoms with Gasteiger partial charge in [0.05, 0.1) is 5.69 Å². The number of nitrogens with zero attached hydrogens (tertiary/aromatic N) is 3. The summed E-state index contributed by atoms with van der Waals surface area (Å²) in [5.41, 5.74) is 1.26. The van der Waals surface area contributed by atoms with Crippen LogP contribution >= 0.6 is 0 Å². The average molecular weight is 250 g/mol. The molecule has 2 heterocycles. The second-order valence-corrected chi connectivity index (χ2v) is 5.31. The Hall–Kier alpha value is -0.870. The highest BCUT2D eigenvalue weighted by Gasteiger charge is 2.10. The molecule has 1 N–H and O–H groups in total. The molecule has 2 rings (SSSR count). The molecule has 0 aromatic carbocycles. The predicted octanol–water partition coefficient (Wildman–Crippen LogP) is 1.95. The van der Waals surface area contributed by atoms with Gasteiger partial charge in [0.1, 0.15) is 0 Å². The number of nitrogens with one attached hydrogen (secondary N) is 1. The minimum atomic E-state index is 0.388. The average Bonchev–Trinajstić information content (AvgIpc) is 2.82. The maximum Gasteiger partial charge on any atom is 0.0547 e. The molecular weight excluding hydrogens is 224 g/mol. The molecule has 4 nitrogen and oxygen atoms in total. The highest BCUT2D eigenvalue weighted by molar-refractivity contribution is 5.04. The zero-order valence-electron chi connectivity index (χ0n) is 11.7. The minimum Gasteiger partial charge on any atom is -0.309 e. The first kappa shape index (κ1) is 13.6. The smallest absolute Gasteiger partial charge is 0.0547 e. The number of piperidine rings is 1. The van der Waals surface area contributed by atoms with E-state index in [4.69, 9.17) is 0 Å². The van der Waals surface area contributed by atoms with E-state index < -0.39 is 0 Å². The normalized spacial score (nSPS) is 19.0. The monoisotopic (exact) mass is 250 g/mol. The van der Waals surface area contributed by atoms with Crippen molar-refractivity contribution in [2.45, 2.75) is 38.6 Å². The summed E-state index contributed by atoms with van der Waals surface area (Å²) in [4.78, 5) is 2.60. The van der Waals surface area contributed by atoms with E-state index in [0.29, 0.717) is 6.04 Å². The van der Waals surface area contributed by atoms with Crippen LogP contribution in [0.25, 0.3) is 0 Å². The third-order valence-corrected chi connectivity index (χ3v) is 3.85. The van der Waals surface area contributed by atoms with Gasteiger partial charge in [-0.3, -0.25) is 4.68 Å². The minimum absolute atomic E-state index is 0.388. The zero-order valence-corrected chi connectivity index (χ0v) is 11.7. The molecule has 4 heteroatoms. The molecule has 1 aromatic rings. The van der Waals surface area contributed by atoms with Gasteiger partial charge in [0.2, 0.25) is 0 Å². The van der Waals surface area contributed by atoms with Crippen LogP contribution in [0.5, 0.6) is 0 Å². The summed E-state index contributed by atoms with van der Waals surface area (Å²) in [7, 11) is 2.00. The molecule has 1 aliphatic heterocycles. The van der Waals surface area contributed by atoms with Gasteiger partial charge in [-0.25, -0.2) is 0 Å². The van der Waals surface area contributed by atoms with Crippen molar-refractivity contribution in [1.29, 1.82) is 0 Å². The SMILES string of the molecule is CC(NCCCN1CCCCC1)c1ccnn1C. The molecule has 0 saturated carbocycles. The van der Waals surface area contributed by atoms with E-state index in [1.54, 1.807) is 0 Å². The van der Waals surface area contributed by atoms with E-state index in [1.807, 2.05) is 17.9 Å². The molecule has 1 fully saturated rings. The van der Waals surface area contributed by atoms with Crippen LogP contribution < -0.4 is 5.32 Å². The van der Waals surface area contributed by atoms with Gasteiger partial charge in [0.25, 0.3) is 0 Å². The van der Waals surface area contributed by atoms with Crippen LogP contribution in [0.1, 0.15) is 44.3 Å². The number of rotatable bonds is 6. The molecule has 102 valence electrons. The molecule has 1 aliphatic rings. The molecule has 1 atom stereocenters. The first-order valence-electron chi connectivity index (χ1n) is 7.21. The molecule has 0 amide bonds. The number of likely N-dealkylation sites (tertiary alicyclic amines) is 1. The fourth-order valence-electron chi connectivity index (χ4n) is 2.72. The summed E-state index contributed by atoms with van der Waals surface area (Å²) in [6, 6.07) is 2.47. The lowest BCUT2D eigenvalue weighted by molar-refractivity contribution is 0.225. The number of aromatic nitrogens is 2.